The highest BCUT2D eigenvalue weighted by atomic mass is 16.5. The van der Waals surface area contributed by atoms with Crippen molar-refractivity contribution in [3.63, 3.8) is 0 Å². The summed E-state index contributed by atoms with van der Waals surface area (Å²) >= 11 is 0. The second-order valence-corrected chi connectivity index (χ2v) is 7.50. The molecular weight excluding hydrogens is 434 g/mol. The smallest absolute Gasteiger partial charge is 0.337 e. The van der Waals surface area contributed by atoms with E-state index in [9.17, 15) is 14.7 Å². The van der Waals surface area contributed by atoms with Gasteiger partial charge in [0, 0.05) is 23.3 Å². The number of methoxy groups -OCH3 is 1. The molecule has 172 valence electrons. The van der Waals surface area contributed by atoms with E-state index in [1.165, 1.54) is 25.7 Å². The van der Waals surface area contributed by atoms with Crippen LogP contribution in [0, 0.1) is 0 Å². The van der Waals surface area contributed by atoms with Gasteiger partial charge in [0.25, 0.3) is 5.91 Å². The molecule has 9 heteroatoms. The molecular formula is C25H23N5O4. The van der Waals surface area contributed by atoms with Crippen molar-refractivity contribution in [2.75, 3.05) is 17.7 Å². The van der Waals surface area contributed by atoms with Crippen LogP contribution in [-0.2, 0) is 0 Å². The summed E-state index contributed by atoms with van der Waals surface area (Å²) in [4.78, 5) is 36.7. The summed E-state index contributed by atoms with van der Waals surface area (Å²) in [6, 6.07) is 15.6. The predicted octanol–water partition coefficient (Wildman–Crippen LogP) is 4.55. The number of carboxylic acid groups (broad SMARTS) is 1. The van der Waals surface area contributed by atoms with Crippen molar-refractivity contribution in [2.24, 2.45) is 0 Å². The maximum Gasteiger partial charge on any atom is 0.337 e. The summed E-state index contributed by atoms with van der Waals surface area (Å²) in [6.07, 6.45) is 3.54. The number of nitrogens with zero attached hydrogens (tertiary/aromatic N) is 3. The third-order valence-electron chi connectivity index (χ3n) is 5.37. The average molecular weight is 457 g/mol. The fraction of sp³-hybridized carbons (Fsp3) is 0.160. The van der Waals surface area contributed by atoms with Crippen LogP contribution in [0.4, 0.5) is 11.5 Å². The minimum atomic E-state index is -1.04. The Labute approximate surface area is 195 Å². The molecule has 2 heterocycles. The first-order valence-electron chi connectivity index (χ1n) is 10.6. The van der Waals surface area contributed by atoms with Gasteiger partial charge < -0.3 is 20.5 Å². The van der Waals surface area contributed by atoms with Gasteiger partial charge >= 0.3 is 5.97 Å². The lowest BCUT2D eigenvalue weighted by Gasteiger charge is -2.20. The Hall–Kier alpha value is -4.53. The molecule has 0 radical (unpaired) electrons. The zero-order chi connectivity index (χ0) is 24.1. The van der Waals surface area contributed by atoms with E-state index in [0.29, 0.717) is 33.9 Å². The van der Waals surface area contributed by atoms with E-state index in [1.807, 2.05) is 31.2 Å². The quantitative estimate of drug-likeness (QED) is 0.352. The van der Waals surface area contributed by atoms with E-state index >= 15 is 0 Å². The number of hydrogen-bond acceptors (Lipinski definition) is 7. The van der Waals surface area contributed by atoms with Gasteiger partial charge in [0.15, 0.2) is 0 Å². The Morgan fingerprint density at radius 1 is 1.06 bits per heavy atom. The van der Waals surface area contributed by atoms with Gasteiger partial charge in [-0.1, -0.05) is 25.1 Å². The number of amides is 1. The molecule has 2 aromatic carbocycles. The zero-order valence-corrected chi connectivity index (χ0v) is 18.6. The molecule has 4 aromatic rings. The van der Waals surface area contributed by atoms with Crippen LogP contribution in [-0.4, -0.2) is 39.0 Å². The fourth-order valence-electron chi connectivity index (χ4n) is 3.63. The highest BCUT2D eigenvalue weighted by molar-refractivity contribution is 6.05. The molecule has 0 aliphatic carbocycles. The Bertz CT molecular complexity index is 1340. The Morgan fingerprint density at radius 3 is 2.59 bits per heavy atom. The lowest BCUT2D eigenvalue weighted by atomic mass is 10.0. The first-order valence-corrected chi connectivity index (χ1v) is 10.6. The normalized spacial score (nSPS) is 11.6. The van der Waals surface area contributed by atoms with Gasteiger partial charge in [0.1, 0.15) is 12.1 Å². The monoisotopic (exact) mass is 457 g/mol. The van der Waals surface area contributed by atoms with Crippen LogP contribution in [0.15, 0.2) is 67.1 Å². The summed E-state index contributed by atoms with van der Waals surface area (Å²) in [6.45, 7) is 2.03. The SMILES string of the molecule is CCC(Nc1ncnc2c(C(=O)O)cccc12)c1cccc(NC(=O)c2ccc(OC)nc2)c1. The van der Waals surface area contributed by atoms with Crippen molar-refractivity contribution in [1.29, 1.82) is 0 Å². The lowest BCUT2D eigenvalue weighted by molar-refractivity contribution is 0.0698. The zero-order valence-electron chi connectivity index (χ0n) is 18.6. The van der Waals surface area contributed by atoms with Gasteiger partial charge in [-0.2, -0.15) is 0 Å². The number of carboxylic acids is 1. The second-order valence-electron chi connectivity index (χ2n) is 7.50. The minimum absolute atomic E-state index is 0.119. The number of ether oxygens (including phenoxy) is 1. The second kappa shape index (κ2) is 9.95. The Kier molecular flexibility index (Phi) is 6.63. The molecule has 9 nitrogen and oxygen atoms in total. The molecule has 0 fully saturated rings. The molecule has 1 amide bonds. The van der Waals surface area contributed by atoms with Crippen LogP contribution in [0.2, 0.25) is 0 Å². The summed E-state index contributed by atoms with van der Waals surface area (Å²) in [5.74, 6) is -0.351. The number of pyridine rings is 1. The molecule has 0 saturated heterocycles. The van der Waals surface area contributed by atoms with Gasteiger partial charge in [-0.15, -0.1) is 0 Å². The van der Waals surface area contributed by atoms with Crippen molar-refractivity contribution in [3.8, 4) is 5.88 Å². The number of carbonyl (C=O) groups is 2. The molecule has 34 heavy (non-hydrogen) atoms. The van der Waals surface area contributed by atoms with Gasteiger partial charge in [0.05, 0.1) is 29.8 Å². The molecule has 0 spiro atoms. The summed E-state index contributed by atoms with van der Waals surface area (Å²) in [7, 11) is 1.51. The molecule has 0 bridgehead atoms. The highest BCUT2D eigenvalue weighted by Crippen LogP contribution is 2.28. The van der Waals surface area contributed by atoms with Gasteiger partial charge in [0.2, 0.25) is 5.88 Å². The van der Waals surface area contributed by atoms with Crippen LogP contribution >= 0.6 is 0 Å². The predicted molar refractivity (Wildman–Crippen MR) is 128 cm³/mol. The molecule has 4 rings (SSSR count). The molecule has 2 aromatic heterocycles. The number of rotatable bonds is 8. The van der Waals surface area contributed by atoms with Crippen LogP contribution in [0.25, 0.3) is 10.9 Å². The van der Waals surface area contributed by atoms with Crippen molar-refractivity contribution >= 4 is 34.3 Å². The number of para-hydroxylation sites is 1. The third kappa shape index (κ3) is 4.78. The Morgan fingerprint density at radius 2 is 1.88 bits per heavy atom. The van der Waals surface area contributed by atoms with E-state index in [0.717, 1.165) is 12.0 Å². The highest BCUT2D eigenvalue weighted by Gasteiger charge is 2.16. The van der Waals surface area contributed by atoms with Gasteiger partial charge in [-0.3, -0.25) is 4.79 Å². The maximum atomic E-state index is 12.6. The molecule has 1 atom stereocenters. The van der Waals surface area contributed by atoms with E-state index in [4.69, 9.17) is 4.74 Å². The van der Waals surface area contributed by atoms with Crippen LogP contribution < -0.4 is 15.4 Å². The van der Waals surface area contributed by atoms with Crippen molar-refractivity contribution in [3.05, 3.63) is 83.8 Å². The van der Waals surface area contributed by atoms with Crippen molar-refractivity contribution in [1.82, 2.24) is 15.0 Å². The van der Waals surface area contributed by atoms with E-state index in [1.54, 1.807) is 24.3 Å². The number of anilines is 2. The molecule has 0 aliphatic rings. The number of nitrogens with one attached hydrogen (secondary N) is 2. The van der Waals surface area contributed by atoms with Crippen LogP contribution in [0.5, 0.6) is 5.88 Å². The lowest BCUT2D eigenvalue weighted by Crippen LogP contribution is -2.14. The summed E-state index contributed by atoms with van der Waals surface area (Å²) in [5.41, 5.74) is 2.48. The van der Waals surface area contributed by atoms with Crippen molar-refractivity contribution < 1.29 is 19.4 Å². The summed E-state index contributed by atoms with van der Waals surface area (Å²) < 4.78 is 5.03. The van der Waals surface area contributed by atoms with Gasteiger partial charge in [-0.25, -0.2) is 19.7 Å². The average Bonchev–Trinajstić information content (AvgIpc) is 2.87. The molecule has 0 aliphatic heterocycles. The van der Waals surface area contributed by atoms with Crippen LogP contribution in [0.3, 0.4) is 0 Å². The number of aromatic nitrogens is 3. The van der Waals surface area contributed by atoms with E-state index in [2.05, 4.69) is 25.6 Å². The number of carbonyl (C=O) groups excluding carboxylic acids is 1. The number of benzene rings is 2. The van der Waals surface area contributed by atoms with Crippen LogP contribution in [0.1, 0.15) is 45.7 Å². The largest absolute Gasteiger partial charge is 0.481 e. The van der Waals surface area contributed by atoms with Crippen molar-refractivity contribution in [2.45, 2.75) is 19.4 Å². The van der Waals surface area contributed by atoms with E-state index in [-0.39, 0.29) is 17.5 Å². The number of aromatic carboxylic acids is 1. The summed E-state index contributed by atoms with van der Waals surface area (Å²) in [5, 5.41) is 16.4. The maximum absolute atomic E-state index is 12.6. The number of fused-ring (bicyclic) bond motifs is 1. The molecule has 1 unspecified atom stereocenters. The third-order valence-corrected chi connectivity index (χ3v) is 5.37. The molecule has 0 saturated carbocycles. The topological polar surface area (TPSA) is 126 Å². The number of hydrogen-bond donors (Lipinski definition) is 3. The first kappa shape index (κ1) is 22.7. The molecule has 3 N–H and O–H groups in total. The Balaban J connectivity index is 1.57. The first-order chi connectivity index (χ1) is 16.5. The van der Waals surface area contributed by atoms with E-state index < -0.39 is 5.97 Å². The standard InChI is InChI=1S/C25H23N5O4/c1-3-20(30-23-18-8-5-9-19(25(32)33)22(18)27-14-28-23)15-6-4-7-17(12-15)29-24(31)16-10-11-21(34-2)26-13-16/h4-14,20H,3H2,1-2H3,(H,29,31)(H,32,33)(H,27,28,30). The fourth-order valence-corrected chi connectivity index (χ4v) is 3.63. The van der Waals surface area contributed by atoms with Gasteiger partial charge in [-0.05, 0) is 42.3 Å². The minimum Gasteiger partial charge on any atom is -0.481 e.